The molecule has 14 aromatic rings. The molecule has 13 heteroatoms. The van der Waals surface area contributed by atoms with Crippen molar-refractivity contribution in [3.8, 4) is 90.8 Å². The van der Waals surface area contributed by atoms with Crippen LogP contribution in [0.1, 0.15) is 5.56 Å². The first-order valence-electron chi connectivity index (χ1n) is 25.6. The van der Waals surface area contributed by atoms with E-state index in [1.165, 1.54) is 27.3 Å². The van der Waals surface area contributed by atoms with Crippen LogP contribution in [-0.2, 0) is 6.18 Å². The van der Waals surface area contributed by atoms with Crippen molar-refractivity contribution in [1.82, 2.24) is 39.0 Å². The summed E-state index contributed by atoms with van der Waals surface area (Å²) in [7, 11) is 0. The SMILES string of the molecule is Fc1cccc(F)c1-c1cc(-n2c3ccccc3c3cc(-c4nc(-c5ccccc5)nc(-c5ccccc5)n4)ccc32)c(C(F)(F)F)c(-n2c3ccccc3c3cc(-c4nc(-c5ccccc5)nc(-c5ccccc5)n4)ccc32)c1. The zero-order valence-electron chi connectivity index (χ0n) is 42.0. The van der Waals surface area contributed by atoms with Crippen LogP contribution in [0.3, 0.4) is 0 Å². The van der Waals surface area contributed by atoms with E-state index in [1.54, 1.807) is 48.5 Å². The highest BCUT2D eigenvalue weighted by Gasteiger charge is 2.40. The van der Waals surface area contributed by atoms with E-state index in [1.807, 2.05) is 158 Å². The van der Waals surface area contributed by atoms with Crippen LogP contribution in [0.25, 0.3) is 134 Å². The molecule has 0 spiro atoms. The highest BCUT2D eigenvalue weighted by Crippen LogP contribution is 2.47. The van der Waals surface area contributed by atoms with Crippen molar-refractivity contribution in [2.75, 3.05) is 0 Å². The molecule has 0 saturated heterocycles. The number of benzene rings is 10. The van der Waals surface area contributed by atoms with Gasteiger partial charge < -0.3 is 9.13 Å². The Morgan fingerprint density at radius 2 is 0.588 bits per heavy atom. The fourth-order valence-electron chi connectivity index (χ4n) is 10.8. The number of para-hydroxylation sites is 2. The maximum atomic E-state index is 16.8. The maximum absolute atomic E-state index is 16.8. The first-order chi connectivity index (χ1) is 39.1. The van der Waals surface area contributed by atoms with Gasteiger partial charge in [0.05, 0.1) is 39.0 Å². The van der Waals surface area contributed by atoms with Gasteiger partial charge in [-0.05, 0) is 78.4 Å². The lowest BCUT2D eigenvalue weighted by atomic mass is 9.98. The molecule has 4 aromatic heterocycles. The second kappa shape index (κ2) is 19.2. The van der Waals surface area contributed by atoms with Gasteiger partial charge in [0.25, 0.3) is 0 Å². The molecule has 10 aromatic carbocycles. The van der Waals surface area contributed by atoms with Crippen molar-refractivity contribution < 1.29 is 22.0 Å². The fourth-order valence-corrected chi connectivity index (χ4v) is 10.8. The normalized spacial score (nSPS) is 11.8. The Hall–Kier alpha value is -10.5. The molecule has 14 rings (SSSR count). The Labute approximate surface area is 453 Å². The van der Waals surface area contributed by atoms with E-state index in [0.717, 1.165) is 34.4 Å². The Kier molecular flexibility index (Phi) is 11.5. The van der Waals surface area contributed by atoms with Gasteiger partial charge in [0.2, 0.25) is 0 Å². The summed E-state index contributed by atoms with van der Waals surface area (Å²) in [5.41, 5.74) is 3.57. The van der Waals surface area contributed by atoms with Crippen LogP contribution in [-0.4, -0.2) is 39.0 Å². The molecule has 8 nitrogen and oxygen atoms in total. The lowest BCUT2D eigenvalue weighted by Crippen LogP contribution is -2.16. The van der Waals surface area contributed by atoms with Crippen LogP contribution >= 0.6 is 0 Å². The third-order valence-electron chi connectivity index (χ3n) is 14.4. The van der Waals surface area contributed by atoms with Gasteiger partial charge in [-0.1, -0.05) is 164 Å². The molecule has 0 aliphatic heterocycles. The summed E-state index contributed by atoms with van der Waals surface area (Å²) < 4.78 is 86.2. The van der Waals surface area contributed by atoms with Crippen LogP contribution in [0.5, 0.6) is 0 Å². The summed E-state index contributed by atoms with van der Waals surface area (Å²) >= 11 is 0. The van der Waals surface area contributed by atoms with Crippen LogP contribution in [0.4, 0.5) is 22.0 Å². The van der Waals surface area contributed by atoms with Crippen LogP contribution < -0.4 is 0 Å². The molecule has 0 atom stereocenters. The average molecular weight is 1050 g/mol. The summed E-state index contributed by atoms with van der Waals surface area (Å²) in [6.07, 6.45) is -5.05. The van der Waals surface area contributed by atoms with Crippen molar-refractivity contribution in [3.63, 3.8) is 0 Å². The minimum absolute atomic E-state index is 0.108. The predicted octanol–water partition coefficient (Wildman–Crippen LogP) is 17.2. The molecule has 0 N–H and O–H groups in total. The van der Waals surface area contributed by atoms with E-state index in [9.17, 15) is 0 Å². The number of rotatable bonds is 9. The molecular formula is C67H39F5N8. The number of hydrogen-bond donors (Lipinski definition) is 0. The summed E-state index contributed by atoms with van der Waals surface area (Å²) in [5, 5.41) is 2.42. The molecule has 0 radical (unpaired) electrons. The van der Waals surface area contributed by atoms with Crippen LogP contribution in [0.15, 0.2) is 237 Å². The number of nitrogens with zero attached hydrogens (tertiary/aromatic N) is 8. The summed E-state index contributed by atoms with van der Waals surface area (Å²) in [5.74, 6) is 0.593. The van der Waals surface area contributed by atoms with Gasteiger partial charge >= 0.3 is 6.18 Å². The van der Waals surface area contributed by atoms with E-state index in [2.05, 4.69) is 0 Å². The Balaban J connectivity index is 1.02. The fraction of sp³-hybridized carbons (Fsp3) is 0.0149. The van der Waals surface area contributed by atoms with Crippen molar-refractivity contribution >= 4 is 43.6 Å². The van der Waals surface area contributed by atoms with E-state index in [-0.39, 0.29) is 16.9 Å². The lowest BCUT2D eigenvalue weighted by molar-refractivity contribution is -0.137. The topological polar surface area (TPSA) is 87.2 Å². The third kappa shape index (κ3) is 8.30. The summed E-state index contributed by atoms with van der Waals surface area (Å²) in [6.45, 7) is 0. The highest BCUT2D eigenvalue weighted by atomic mass is 19.4. The second-order valence-electron chi connectivity index (χ2n) is 19.2. The number of aromatic nitrogens is 8. The van der Waals surface area contributed by atoms with Crippen molar-refractivity contribution in [2.24, 2.45) is 0 Å². The second-order valence-corrected chi connectivity index (χ2v) is 19.2. The van der Waals surface area contributed by atoms with Gasteiger partial charge in [-0.25, -0.2) is 38.7 Å². The summed E-state index contributed by atoms with van der Waals surface area (Å²) in [4.78, 5) is 29.5. The predicted molar refractivity (Wildman–Crippen MR) is 305 cm³/mol. The monoisotopic (exact) mass is 1050 g/mol. The van der Waals surface area contributed by atoms with E-state index in [4.69, 9.17) is 29.9 Å². The van der Waals surface area contributed by atoms with E-state index < -0.39 is 28.9 Å². The Bertz CT molecular complexity index is 4320. The van der Waals surface area contributed by atoms with Gasteiger partial charge in [0.15, 0.2) is 34.9 Å². The van der Waals surface area contributed by atoms with Gasteiger partial charge in [-0.2, -0.15) is 13.2 Å². The van der Waals surface area contributed by atoms with Gasteiger partial charge in [0, 0.05) is 54.9 Å². The molecule has 0 fully saturated rings. The van der Waals surface area contributed by atoms with Crippen LogP contribution in [0, 0.1) is 11.6 Å². The lowest BCUT2D eigenvalue weighted by Gasteiger charge is -2.23. The molecule has 4 heterocycles. The van der Waals surface area contributed by atoms with Gasteiger partial charge in [-0.3, -0.25) is 0 Å². The molecule has 0 aliphatic rings. The first-order valence-corrected chi connectivity index (χ1v) is 25.6. The number of fused-ring (bicyclic) bond motifs is 6. The van der Waals surface area contributed by atoms with Crippen molar-refractivity contribution in [1.29, 1.82) is 0 Å². The van der Waals surface area contributed by atoms with Gasteiger partial charge in [0.1, 0.15) is 17.2 Å². The van der Waals surface area contributed by atoms with Crippen molar-refractivity contribution in [3.05, 3.63) is 254 Å². The Morgan fingerprint density at radius 3 is 0.938 bits per heavy atom. The highest BCUT2D eigenvalue weighted by molar-refractivity contribution is 6.12. The molecule has 80 heavy (non-hydrogen) atoms. The van der Waals surface area contributed by atoms with Crippen molar-refractivity contribution in [2.45, 2.75) is 6.18 Å². The minimum atomic E-state index is -5.05. The number of hydrogen-bond acceptors (Lipinski definition) is 6. The minimum Gasteiger partial charge on any atom is -0.309 e. The maximum Gasteiger partial charge on any atom is 0.420 e. The number of halogens is 5. The summed E-state index contributed by atoms with van der Waals surface area (Å²) in [6, 6.07) is 69.1. The smallest absolute Gasteiger partial charge is 0.309 e. The largest absolute Gasteiger partial charge is 0.420 e. The molecule has 382 valence electrons. The zero-order valence-corrected chi connectivity index (χ0v) is 42.0. The van der Waals surface area contributed by atoms with E-state index in [0.29, 0.717) is 89.7 Å². The molecule has 0 amide bonds. The zero-order chi connectivity index (χ0) is 54.1. The average Bonchev–Trinajstić information content (AvgIpc) is 3.85. The molecule has 0 saturated carbocycles. The van der Waals surface area contributed by atoms with E-state index >= 15 is 22.0 Å². The Morgan fingerprint density at radius 1 is 0.275 bits per heavy atom. The standard InChI is InChI=1S/C67H39F5N8/c68-51-28-17-29-52(69)59(51)46-38-57(79-53-30-15-13-26-47(53)49-36-44(32-34-55(49)79)65-75-61(40-18-5-1-6-19-40)73-62(76-65)41-20-7-2-8-21-41)60(67(70,71)72)58(39-46)80-54-31-16-14-27-48(54)50-37-45(33-35-56(50)80)66-77-63(42-22-9-3-10-23-42)74-64(78-66)43-24-11-4-12-25-43/h1-39H. The molecule has 0 aliphatic carbocycles. The first kappa shape index (κ1) is 47.9. The molecule has 0 bridgehead atoms. The number of alkyl halides is 3. The molecular weight excluding hydrogens is 1010 g/mol. The molecule has 0 unspecified atom stereocenters. The third-order valence-corrected chi connectivity index (χ3v) is 14.4. The van der Waals surface area contributed by atoms with Gasteiger partial charge in [-0.15, -0.1) is 0 Å². The van der Waals surface area contributed by atoms with Crippen LogP contribution in [0.2, 0.25) is 0 Å². The quantitative estimate of drug-likeness (QED) is 0.134.